The van der Waals surface area contributed by atoms with Crippen LogP contribution in [-0.2, 0) is 0 Å². The number of hydrogen-bond acceptors (Lipinski definition) is 2. The van der Waals surface area contributed by atoms with Crippen molar-refractivity contribution in [2.45, 2.75) is 52.9 Å². The number of rotatable bonds is 6. The van der Waals surface area contributed by atoms with Gasteiger partial charge in [-0.25, -0.2) is 0 Å². The van der Waals surface area contributed by atoms with Crippen molar-refractivity contribution in [2.24, 2.45) is 0 Å². The second-order valence-electron chi connectivity index (χ2n) is 5.17. The Morgan fingerprint density at radius 2 is 1.83 bits per heavy atom. The highest BCUT2D eigenvalue weighted by molar-refractivity contribution is 8.10. The van der Waals surface area contributed by atoms with E-state index < -0.39 is 0 Å². The van der Waals surface area contributed by atoms with Gasteiger partial charge in [-0.3, -0.25) is 4.98 Å². The van der Waals surface area contributed by atoms with Crippen molar-refractivity contribution in [3.63, 3.8) is 0 Å². The predicted octanol–water partition coefficient (Wildman–Crippen LogP) is 5.13. The molecule has 1 aliphatic rings. The van der Waals surface area contributed by atoms with Crippen LogP contribution in [0.5, 0.6) is 0 Å². The third-order valence-electron chi connectivity index (χ3n) is 3.39. The van der Waals surface area contributed by atoms with Crippen LogP contribution in [0.2, 0.25) is 0 Å². The predicted molar refractivity (Wildman–Crippen MR) is 81.8 cm³/mol. The molecule has 0 N–H and O–H groups in total. The van der Waals surface area contributed by atoms with Crippen LogP contribution in [0, 0.1) is 13.8 Å². The lowest BCUT2D eigenvalue weighted by Gasteiger charge is -2.24. The monoisotopic (exact) mass is 261 g/mol. The summed E-state index contributed by atoms with van der Waals surface area (Å²) < 4.78 is 0. The van der Waals surface area contributed by atoms with Gasteiger partial charge in [0, 0.05) is 22.0 Å². The van der Waals surface area contributed by atoms with Gasteiger partial charge in [0.05, 0.1) is 0 Å². The van der Waals surface area contributed by atoms with E-state index in [1.165, 1.54) is 48.3 Å². The molecule has 0 fully saturated rings. The van der Waals surface area contributed by atoms with Crippen LogP contribution in [0.25, 0.3) is 4.91 Å². The molecular weight excluding hydrogens is 238 g/mol. The highest BCUT2D eigenvalue weighted by Gasteiger charge is 2.19. The zero-order valence-electron chi connectivity index (χ0n) is 11.8. The number of unbranched alkanes of at least 4 members (excludes halogenated alkanes) is 3. The van der Waals surface area contributed by atoms with Crippen LogP contribution in [0.1, 0.15) is 56.0 Å². The van der Waals surface area contributed by atoms with Gasteiger partial charge in [-0.05, 0) is 50.0 Å². The van der Waals surface area contributed by atoms with Crippen molar-refractivity contribution >= 4 is 16.7 Å². The van der Waals surface area contributed by atoms with Gasteiger partial charge in [-0.1, -0.05) is 26.2 Å². The van der Waals surface area contributed by atoms with Crippen LogP contribution in [0.4, 0.5) is 0 Å². The lowest BCUT2D eigenvalue weighted by atomic mass is 10.0. The highest BCUT2D eigenvalue weighted by atomic mass is 32.2. The van der Waals surface area contributed by atoms with Gasteiger partial charge >= 0.3 is 0 Å². The summed E-state index contributed by atoms with van der Waals surface area (Å²) in [6.45, 7) is 6.44. The lowest BCUT2D eigenvalue weighted by molar-refractivity contribution is 0.665. The molecule has 1 aromatic rings. The van der Waals surface area contributed by atoms with Crippen molar-refractivity contribution in [2.75, 3.05) is 5.75 Å². The smallest absolute Gasteiger partial charge is 0.0382 e. The second-order valence-corrected chi connectivity index (χ2v) is 6.16. The summed E-state index contributed by atoms with van der Waals surface area (Å²) in [5, 5.41) is 0. The zero-order valence-corrected chi connectivity index (χ0v) is 12.6. The first-order chi connectivity index (χ1) is 8.70. The van der Waals surface area contributed by atoms with Gasteiger partial charge in [0.1, 0.15) is 0 Å². The molecule has 2 heteroatoms. The Morgan fingerprint density at radius 3 is 2.39 bits per heavy atom. The SMILES string of the molecule is CCCCCCC1=C(c2cc(C)nc(C)c2)SC1. The van der Waals surface area contributed by atoms with E-state index in [0.717, 1.165) is 11.4 Å². The molecule has 1 aromatic heterocycles. The molecule has 0 spiro atoms. The minimum Gasteiger partial charge on any atom is -0.258 e. The van der Waals surface area contributed by atoms with E-state index in [1.807, 2.05) is 11.8 Å². The first-order valence-corrected chi connectivity index (χ1v) is 7.99. The summed E-state index contributed by atoms with van der Waals surface area (Å²) in [4.78, 5) is 5.98. The summed E-state index contributed by atoms with van der Waals surface area (Å²) in [6, 6.07) is 4.45. The molecule has 0 unspecified atom stereocenters. The Kier molecular flexibility index (Phi) is 4.87. The summed E-state index contributed by atoms with van der Waals surface area (Å²) in [7, 11) is 0. The molecule has 1 aliphatic heterocycles. The molecule has 0 radical (unpaired) electrons. The lowest BCUT2D eigenvalue weighted by Crippen LogP contribution is -2.04. The average Bonchev–Trinajstić information content (AvgIpc) is 2.26. The normalized spacial score (nSPS) is 14.8. The molecule has 0 aliphatic carbocycles. The summed E-state index contributed by atoms with van der Waals surface area (Å²) in [5.41, 5.74) is 5.33. The minimum absolute atomic E-state index is 1.13. The minimum atomic E-state index is 1.13. The van der Waals surface area contributed by atoms with E-state index >= 15 is 0 Å². The van der Waals surface area contributed by atoms with Crippen molar-refractivity contribution < 1.29 is 0 Å². The molecular formula is C16H23NS. The second kappa shape index (κ2) is 6.42. The number of hydrogen-bond donors (Lipinski definition) is 0. The van der Waals surface area contributed by atoms with Gasteiger partial charge in [-0.15, -0.1) is 11.8 Å². The molecule has 0 bridgehead atoms. The van der Waals surface area contributed by atoms with E-state index in [0.29, 0.717) is 0 Å². The molecule has 2 rings (SSSR count). The molecule has 0 aromatic carbocycles. The fourth-order valence-corrected chi connectivity index (χ4v) is 3.47. The number of pyridine rings is 1. The number of nitrogens with zero attached hydrogens (tertiary/aromatic N) is 1. The Labute approximate surface area is 115 Å². The topological polar surface area (TPSA) is 12.9 Å². The van der Waals surface area contributed by atoms with Crippen LogP contribution >= 0.6 is 11.8 Å². The van der Waals surface area contributed by atoms with Crippen LogP contribution in [0.3, 0.4) is 0 Å². The Hall–Kier alpha value is -0.760. The van der Waals surface area contributed by atoms with E-state index in [-0.39, 0.29) is 0 Å². The van der Waals surface area contributed by atoms with Crippen molar-refractivity contribution in [3.05, 3.63) is 34.7 Å². The first kappa shape index (κ1) is 13.7. The average molecular weight is 261 g/mol. The molecule has 18 heavy (non-hydrogen) atoms. The van der Waals surface area contributed by atoms with E-state index in [1.54, 1.807) is 5.57 Å². The Morgan fingerprint density at radius 1 is 1.11 bits per heavy atom. The Bertz CT molecular complexity index is 428. The van der Waals surface area contributed by atoms with Crippen LogP contribution in [-0.4, -0.2) is 10.7 Å². The standard InChI is InChI=1S/C16H23NS/c1-4-5-6-7-8-14-11-18-16(14)15-9-12(2)17-13(3)10-15/h9-10H,4-8,11H2,1-3H3. The maximum atomic E-state index is 4.45. The fraction of sp³-hybridized carbons (Fsp3) is 0.562. The number of aromatic nitrogens is 1. The fourth-order valence-electron chi connectivity index (χ4n) is 2.45. The maximum Gasteiger partial charge on any atom is 0.0382 e. The van der Waals surface area contributed by atoms with E-state index in [4.69, 9.17) is 0 Å². The van der Waals surface area contributed by atoms with Crippen molar-refractivity contribution in [1.82, 2.24) is 4.98 Å². The van der Waals surface area contributed by atoms with Gasteiger partial charge < -0.3 is 0 Å². The Balaban J connectivity index is 2.03. The van der Waals surface area contributed by atoms with Gasteiger partial charge in [0.2, 0.25) is 0 Å². The molecule has 2 heterocycles. The molecule has 0 saturated heterocycles. The van der Waals surface area contributed by atoms with Gasteiger partial charge in [-0.2, -0.15) is 0 Å². The van der Waals surface area contributed by atoms with Crippen LogP contribution in [0.15, 0.2) is 17.7 Å². The summed E-state index contributed by atoms with van der Waals surface area (Å²) in [5.74, 6) is 1.24. The molecule has 0 amide bonds. The third kappa shape index (κ3) is 3.38. The summed E-state index contributed by atoms with van der Waals surface area (Å²) >= 11 is 2.00. The molecule has 0 saturated carbocycles. The van der Waals surface area contributed by atoms with Crippen molar-refractivity contribution in [1.29, 1.82) is 0 Å². The molecule has 1 nitrogen and oxygen atoms in total. The van der Waals surface area contributed by atoms with E-state index in [9.17, 15) is 0 Å². The number of aryl methyl sites for hydroxylation is 2. The van der Waals surface area contributed by atoms with E-state index in [2.05, 4.69) is 37.9 Å². The third-order valence-corrected chi connectivity index (χ3v) is 4.69. The highest BCUT2D eigenvalue weighted by Crippen LogP contribution is 2.43. The molecule has 0 atom stereocenters. The quantitative estimate of drug-likeness (QED) is 0.659. The zero-order chi connectivity index (χ0) is 13.0. The van der Waals surface area contributed by atoms with Crippen molar-refractivity contribution in [3.8, 4) is 0 Å². The van der Waals surface area contributed by atoms with Crippen LogP contribution < -0.4 is 0 Å². The van der Waals surface area contributed by atoms with Gasteiger partial charge in [0.25, 0.3) is 0 Å². The number of thioether (sulfide) groups is 1. The molecule has 98 valence electrons. The van der Waals surface area contributed by atoms with Gasteiger partial charge in [0.15, 0.2) is 0 Å². The first-order valence-electron chi connectivity index (χ1n) is 7.01. The maximum absolute atomic E-state index is 4.45. The largest absolute Gasteiger partial charge is 0.258 e. The summed E-state index contributed by atoms with van der Waals surface area (Å²) in [6.07, 6.45) is 6.73.